The average Bonchev–Trinajstić information content (AvgIpc) is 3.42. The van der Waals surface area contributed by atoms with Crippen LogP contribution in [-0.2, 0) is 20.2 Å². The van der Waals surface area contributed by atoms with Crippen LogP contribution < -0.4 is 14.9 Å². The van der Waals surface area contributed by atoms with Crippen molar-refractivity contribution in [1.82, 2.24) is 14.7 Å². The van der Waals surface area contributed by atoms with Crippen molar-refractivity contribution < 1.29 is 19.7 Å². The van der Waals surface area contributed by atoms with Gasteiger partial charge in [0.2, 0.25) is 21.9 Å². The normalized spacial score (nSPS) is 26.8. The molecule has 1 aromatic heterocycles. The van der Waals surface area contributed by atoms with E-state index in [1.54, 1.807) is 30.2 Å². The molecule has 10 heteroatoms. The highest BCUT2D eigenvalue weighted by atomic mass is 32.2. The quantitative estimate of drug-likeness (QED) is 0.642. The highest BCUT2D eigenvalue weighted by molar-refractivity contribution is 7.89. The third kappa shape index (κ3) is 3.12. The van der Waals surface area contributed by atoms with Crippen molar-refractivity contribution in [2.24, 2.45) is 0 Å². The van der Waals surface area contributed by atoms with Gasteiger partial charge in [0.25, 0.3) is 0 Å². The molecule has 1 amide bonds. The first-order chi connectivity index (χ1) is 15.2. The predicted molar refractivity (Wildman–Crippen MR) is 115 cm³/mol. The van der Waals surface area contributed by atoms with E-state index in [1.165, 1.54) is 12.1 Å². The van der Waals surface area contributed by atoms with Gasteiger partial charge in [-0.05, 0) is 70.3 Å². The summed E-state index contributed by atoms with van der Waals surface area (Å²) < 4.78 is 33.2. The Morgan fingerprint density at radius 1 is 1.26 bits per heavy atom. The molecule has 3 aliphatic rings. The molecule has 2 heterocycles. The van der Waals surface area contributed by atoms with Gasteiger partial charge in [0.15, 0.2) is 0 Å². The number of nitrogens with one attached hydrogen (secondary N) is 2. The van der Waals surface area contributed by atoms with Crippen LogP contribution in [0.1, 0.15) is 46.0 Å². The topological polar surface area (TPSA) is 125 Å². The van der Waals surface area contributed by atoms with Crippen LogP contribution in [0.2, 0.25) is 0 Å². The second-order valence-corrected chi connectivity index (χ2v) is 10.5. The van der Waals surface area contributed by atoms with Gasteiger partial charge in [0, 0.05) is 18.8 Å². The van der Waals surface area contributed by atoms with Gasteiger partial charge in [-0.25, -0.2) is 18.1 Å². The molecule has 1 spiro atoms. The number of sulfonamides is 1. The van der Waals surface area contributed by atoms with Crippen molar-refractivity contribution in [3.63, 3.8) is 0 Å². The summed E-state index contributed by atoms with van der Waals surface area (Å²) in [5.74, 6) is 0.843. The standard InChI is InChI=1S/C21H25N5O4S/c1-20(28)9-3-4-16(20)26-17-15(21(10-11-21)18(26)27)12-23-19(25-17)24-13-5-7-14(8-6-13)31(29,30)22-2/h5-8,12,16,22,28H,3-4,9-11H2,1-2H3,(H,23,24,25)/t16-,20-/m1/s1/i2D. The van der Waals surface area contributed by atoms with Crippen LogP contribution in [0.5, 0.6) is 0 Å². The molecule has 0 radical (unpaired) electrons. The molecule has 2 aliphatic carbocycles. The van der Waals surface area contributed by atoms with Crippen LogP contribution in [0.4, 0.5) is 17.5 Å². The Kier molecular flexibility index (Phi) is 4.15. The van der Waals surface area contributed by atoms with Crippen molar-refractivity contribution in [2.45, 2.75) is 61.0 Å². The summed E-state index contributed by atoms with van der Waals surface area (Å²) in [6, 6.07) is 5.71. The molecule has 31 heavy (non-hydrogen) atoms. The molecule has 2 fully saturated rings. The van der Waals surface area contributed by atoms with Gasteiger partial charge in [-0.2, -0.15) is 4.98 Å². The molecule has 5 rings (SSSR count). The second-order valence-electron chi connectivity index (χ2n) is 8.75. The van der Waals surface area contributed by atoms with E-state index in [4.69, 9.17) is 1.37 Å². The Balaban J connectivity index is 1.44. The van der Waals surface area contributed by atoms with Crippen molar-refractivity contribution in [2.75, 3.05) is 17.2 Å². The molecule has 0 unspecified atom stereocenters. The van der Waals surface area contributed by atoms with Crippen LogP contribution in [0.25, 0.3) is 0 Å². The van der Waals surface area contributed by atoms with E-state index in [0.717, 1.165) is 31.2 Å². The van der Waals surface area contributed by atoms with E-state index >= 15 is 0 Å². The number of hydrogen-bond donors (Lipinski definition) is 3. The summed E-state index contributed by atoms with van der Waals surface area (Å²) >= 11 is 0. The van der Waals surface area contributed by atoms with Crippen molar-refractivity contribution in [1.29, 1.82) is 0 Å². The number of aliphatic hydroxyl groups is 1. The highest BCUT2D eigenvalue weighted by Crippen LogP contribution is 2.58. The first-order valence-corrected chi connectivity index (χ1v) is 11.8. The molecule has 0 saturated heterocycles. The first-order valence-electron chi connectivity index (χ1n) is 11.0. The number of carbonyl (C=O) groups excluding carboxylic acids is 1. The molecule has 2 atom stereocenters. The van der Waals surface area contributed by atoms with E-state index in [9.17, 15) is 18.3 Å². The average molecular weight is 445 g/mol. The molecular formula is C21H25N5O4S. The minimum absolute atomic E-state index is 0.00239. The predicted octanol–water partition coefficient (Wildman–Crippen LogP) is 1.81. The molecule has 1 aliphatic heterocycles. The Morgan fingerprint density at radius 3 is 2.61 bits per heavy atom. The van der Waals surface area contributed by atoms with Crippen LogP contribution in [0, 0.1) is 0 Å². The number of hydrogen-bond acceptors (Lipinski definition) is 7. The number of fused-ring (bicyclic) bond motifs is 2. The molecule has 2 saturated carbocycles. The van der Waals surface area contributed by atoms with Gasteiger partial charge >= 0.3 is 0 Å². The summed E-state index contributed by atoms with van der Waals surface area (Å²) in [7, 11) is -4.15. The van der Waals surface area contributed by atoms with E-state index in [1.807, 2.05) is 0 Å². The van der Waals surface area contributed by atoms with Crippen LogP contribution in [0.3, 0.4) is 0 Å². The number of carbonyl (C=O) groups is 1. The summed E-state index contributed by atoms with van der Waals surface area (Å²) in [6.07, 6.45) is 5.44. The second kappa shape index (κ2) is 6.72. The van der Waals surface area contributed by atoms with Gasteiger partial charge in [-0.3, -0.25) is 9.69 Å². The maximum absolute atomic E-state index is 13.3. The first kappa shape index (κ1) is 19.1. The Morgan fingerprint density at radius 2 is 2.00 bits per heavy atom. The van der Waals surface area contributed by atoms with Crippen LogP contribution in [0.15, 0.2) is 35.4 Å². The number of nitrogens with zero attached hydrogens (tertiary/aromatic N) is 3. The fraction of sp³-hybridized carbons (Fsp3) is 0.476. The zero-order valence-corrected chi connectivity index (χ0v) is 17.9. The zero-order chi connectivity index (χ0) is 22.7. The van der Waals surface area contributed by atoms with Gasteiger partial charge in [0.05, 0.1) is 22.0 Å². The van der Waals surface area contributed by atoms with E-state index in [-0.39, 0.29) is 22.8 Å². The lowest BCUT2D eigenvalue weighted by Crippen LogP contribution is -2.50. The Labute approximate surface area is 182 Å². The maximum atomic E-state index is 13.3. The molecular weight excluding hydrogens is 418 g/mol. The molecule has 2 aromatic rings. The fourth-order valence-electron chi connectivity index (χ4n) is 4.76. The molecule has 3 N–H and O–H groups in total. The summed E-state index contributed by atoms with van der Waals surface area (Å²) in [6.45, 7) is 1.78. The minimum atomic E-state index is -3.71. The molecule has 9 nitrogen and oxygen atoms in total. The maximum Gasteiger partial charge on any atom is 0.240 e. The number of rotatable bonds is 5. The molecule has 1 aromatic carbocycles. The minimum Gasteiger partial charge on any atom is -0.388 e. The van der Waals surface area contributed by atoms with Crippen molar-refractivity contribution in [3.8, 4) is 0 Å². The smallest absolute Gasteiger partial charge is 0.240 e. The highest BCUT2D eigenvalue weighted by Gasteiger charge is 2.63. The third-order valence-electron chi connectivity index (χ3n) is 6.69. The number of aromatic nitrogens is 2. The van der Waals surface area contributed by atoms with Crippen LogP contribution in [-0.4, -0.2) is 48.1 Å². The summed E-state index contributed by atoms with van der Waals surface area (Å²) in [5, 5.41) is 13.9. The fourth-order valence-corrected chi connectivity index (χ4v) is 5.42. The van der Waals surface area contributed by atoms with E-state index in [0.29, 0.717) is 17.9 Å². The van der Waals surface area contributed by atoms with Gasteiger partial charge in [-0.1, -0.05) is 0 Å². The third-order valence-corrected chi connectivity index (χ3v) is 7.96. The lowest BCUT2D eigenvalue weighted by atomic mass is 9.98. The Bertz CT molecular complexity index is 1180. The largest absolute Gasteiger partial charge is 0.388 e. The number of anilines is 3. The van der Waals surface area contributed by atoms with Gasteiger partial charge in [0.1, 0.15) is 5.82 Å². The lowest BCUT2D eigenvalue weighted by Gasteiger charge is -2.33. The lowest BCUT2D eigenvalue weighted by molar-refractivity contribution is -0.121. The number of amides is 1. The summed E-state index contributed by atoms with van der Waals surface area (Å²) in [5.41, 5.74) is -0.105. The van der Waals surface area contributed by atoms with Crippen molar-refractivity contribution in [3.05, 3.63) is 36.0 Å². The molecule has 0 bridgehead atoms. The van der Waals surface area contributed by atoms with Gasteiger partial charge < -0.3 is 10.4 Å². The molecule has 164 valence electrons. The van der Waals surface area contributed by atoms with Crippen LogP contribution >= 0.6 is 0 Å². The van der Waals surface area contributed by atoms with Crippen molar-refractivity contribution >= 4 is 33.4 Å². The van der Waals surface area contributed by atoms with Gasteiger partial charge in [-0.15, -0.1) is 0 Å². The number of benzene rings is 1. The SMILES string of the molecule is [2H]CNS(=O)(=O)c1ccc(Nc2ncc3c(n2)N([C@@H]2CCC[C@@]2(C)O)C(=O)C32CC2)cc1. The Hall–Kier alpha value is -2.56. The zero-order valence-electron chi connectivity index (χ0n) is 18.1. The van der Waals surface area contributed by atoms with E-state index < -0.39 is 28.1 Å². The summed E-state index contributed by atoms with van der Waals surface area (Å²) in [4.78, 5) is 24.1. The monoisotopic (exact) mass is 444 g/mol. The van der Waals surface area contributed by atoms with E-state index in [2.05, 4.69) is 20.0 Å².